The maximum atomic E-state index is 10.8. The van der Waals surface area contributed by atoms with Crippen molar-refractivity contribution in [2.24, 2.45) is 0 Å². The number of nitrogens with zero attached hydrogens (tertiary/aromatic N) is 1. The Kier molecular flexibility index (Phi) is 2.79. The van der Waals surface area contributed by atoms with Crippen LogP contribution < -0.4 is 0 Å². The van der Waals surface area contributed by atoms with E-state index in [1.807, 2.05) is 13.8 Å². The minimum atomic E-state index is -0.392. The summed E-state index contributed by atoms with van der Waals surface area (Å²) in [6, 6.07) is 14.2. The number of hydrogen-bond acceptors (Lipinski definition) is 2. The topological polar surface area (TPSA) is 58.9 Å². The predicted molar refractivity (Wildman–Crippen MR) is 78.7 cm³/mol. The van der Waals surface area contributed by atoms with E-state index < -0.39 is 4.92 Å². The fraction of sp³-hybridized carbons (Fsp3) is 0.125. The van der Waals surface area contributed by atoms with E-state index in [0.717, 1.165) is 22.2 Å². The van der Waals surface area contributed by atoms with Crippen LogP contribution in [0, 0.1) is 30.0 Å². The van der Waals surface area contributed by atoms with Gasteiger partial charge in [-0.2, -0.15) is 0 Å². The molecule has 0 amide bonds. The summed E-state index contributed by atoms with van der Waals surface area (Å²) < 4.78 is 0. The Morgan fingerprint density at radius 1 is 1.10 bits per heavy atom. The van der Waals surface area contributed by atoms with E-state index in [1.165, 1.54) is 23.3 Å². The van der Waals surface area contributed by atoms with Crippen LogP contribution in [0.3, 0.4) is 0 Å². The van der Waals surface area contributed by atoms with E-state index in [2.05, 4.69) is 29.2 Å². The van der Waals surface area contributed by atoms with E-state index in [0.29, 0.717) is 0 Å². The highest BCUT2D eigenvalue weighted by Crippen LogP contribution is 2.27. The largest absolute Gasteiger partial charge is 0.354 e. The molecule has 1 aromatic heterocycles. The van der Waals surface area contributed by atoms with Gasteiger partial charge < -0.3 is 4.98 Å². The first-order valence-corrected chi connectivity index (χ1v) is 6.31. The molecule has 0 saturated carbocycles. The molecule has 1 N–H and O–H groups in total. The SMILES string of the molecule is Cc1cc(C)cc(-c2[c]c3cc([N+](=O)[O-])ccc3[nH]2)c1. The van der Waals surface area contributed by atoms with Crippen LogP contribution in [-0.2, 0) is 0 Å². The van der Waals surface area contributed by atoms with Crippen molar-refractivity contribution >= 4 is 16.6 Å². The van der Waals surface area contributed by atoms with Crippen LogP contribution in [0.4, 0.5) is 5.69 Å². The van der Waals surface area contributed by atoms with Crippen molar-refractivity contribution in [1.82, 2.24) is 4.98 Å². The number of nitro groups is 1. The minimum absolute atomic E-state index is 0.0831. The fourth-order valence-electron chi connectivity index (χ4n) is 2.42. The molecule has 4 nitrogen and oxygen atoms in total. The molecule has 99 valence electrons. The lowest BCUT2D eigenvalue weighted by atomic mass is 10.1. The zero-order chi connectivity index (χ0) is 14.3. The Morgan fingerprint density at radius 3 is 2.45 bits per heavy atom. The lowest BCUT2D eigenvalue weighted by Gasteiger charge is -2.02. The normalized spacial score (nSPS) is 10.9. The average molecular weight is 265 g/mol. The smallest absolute Gasteiger partial charge is 0.270 e. The molecule has 3 rings (SSSR count). The zero-order valence-corrected chi connectivity index (χ0v) is 11.2. The summed E-state index contributed by atoms with van der Waals surface area (Å²) >= 11 is 0. The van der Waals surface area contributed by atoms with Gasteiger partial charge in [-0.25, -0.2) is 0 Å². The summed E-state index contributed by atoms with van der Waals surface area (Å²) in [5.41, 5.74) is 5.19. The van der Waals surface area contributed by atoms with Gasteiger partial charge in [-0.1, -0.05) is 17.2 Å². The van der Waals surface area contributed by atoms with Crippen LogP contribution in [0.15, 0.2) is 36.4 Å². The van der Waals surface area contributed by atoms with Gasteiger partial charge in [0.25, 0.3) is 5.69 Å². The van der Waals surface area contributed by atoms with Gasteiger partial charge in [-0.3, -0.25) is 10.1 Å². The Labute approximate surface area is 116 Å². The van der Waals surface area contributed by atoms with Gasteiger partial charge in [-0.05, 0) is 37.6 Å². The first kappa shape index (κ1) is 12.4. The Bertz CT molecular complexity index is 798. The standard InChI is InChI=1S/C16H13N2O2/c1-10-5-11(2)7-12(6-10)16-9-13-8-14(18(19)20)3-4-15(13)17-16/h3-8,17H,1-2H3. The summed E-state index contributed by atoms with van der Waals surface area (Å²) in [4.78, 5) is 13.7. The van der Waals surface area contributed by atoms with Crippen molar-refractivity contribution in [1.29, 1.82) is 0 Å². The maximum Gasteiger partial charge on any atom is 0.270 e. The average Bonchev–Trinajstić information content (AvgIpc) is 2.80. The summed E-state index contributed by atoms with van der Waals surface area (Å²) in [5, 5.41) is 11.5. The third kappa shape index (κ3) is 2.16. The summed E-state index contributed by atoms with van der Waals surface area (Å²) in [5.74, 6) is 0. The number of non-ortho nitro benzene ring substituents is 1. The summed E-state index contributed by atoms with van der Waals surface area (Å²) in [6.07, 6.45) is 0. The van der Waals surface area contributed by atoms with Gasteiger partial charge in [0.05, 0.1) is 10.6 Å². The third-order valence-electron chi connectivity index (χ3n) is 3.24. The lowest BCUT2D eigenvalue weighted by molar-refractivity contribution is -0.384. The highest BCUT2D eigenvalue weighted by Gasteiger charge is 2.10. The fourth-order valence-corrected chi connectivity index (χ4v) is 2.42. The van der Waals surface area contributed by atoms with Gasteiger partial charge in [0.15, 0.2) is 0 Å². The van der Waals surface area contributed by atoms with Crippen LogP contribution in [0.5, 0.6) is 0 Å². The van der Waals surface area contributed by atoms with E-state index >= 15 is 0 Å². The second kappa shape index (κ2) is 4.49. The Hall–Kier alpha value is -2.62. The van der Waals surface area contributed by atoms with Crippen LogP contribution in [0.2, 0.25) is 0 Å². The van der Waals surface area contributed by atoms with Gasteiger partial charge in [0.1, 0.15) is 0 Å². The maximum absolute atomic E-state index is 10.8. The van der Waals surface area contributed by atoms with Gasteiger partial charge in [0, 0.05) is 29.1 Å². The van der Waals surface area contributed by atoms with Crippen LogP contribution in [0.1, 0.15) is 11.1 Å². The molecule has 20 heavy (non-hydrogen) atoms. The van der Waals surface area contributed by atoms with Crippen molar-refractivity contribution in [3.63, 3.8) is 0 Å². The van der Waals surface area contributed by atoms with Gasteiger partial charge in [0.2, 0.25) is 0 Å². The first-order valence-electron chi connectivity index (χ1n) is 6.31. The monoisotopic (exact) mass is 265 g/mol. The molecule has 0 aliphatic heterocycles. The van der Waals surface area contributed by atoms with E-state index in [9.17, 15) is 10.1 Å². The first-order chi connectivity index (χ1) is 9.52. The second-order valence-electron chi connectivity index (χ2n) is 4.99. The van der Waals surface area contributed by atoms with E-state index in [-0.39, 0.29) is 5.69 Å². The summed E-state index contributed by atoms with van der Waals surface area (Å²) in [7, 11) is 0. The number of rotatable bonds is 2. The number of fused-ring (bicyclic) bond motifs is 1. The van der Waals surface area contributed by atoms with Crippen LogP contribution in [0.25, 0.3) is 22.2 Å². The molecule has 2 aromatic carbocycles. The minimum Gasteiger partial charge on any atom is -0.354 e. The number of nitrogens with one attached hydrogen (secondary N) is 1. The van der Waals surface area contributed by atoms with E-state index in [1.54, 1.807) is 6.07 Å². The molecule has 0 fully saturated rings. The van der Waals surface area contributed by atoms with Gasteiger partial charge in [-0.15, -0.1) is 0 Å². The molecular formula is C16H13N2O2. The molecule has 0 aliphatic carbocycles. The second-order valence-corrected chi connectivity index (χ2v) is 4.99. The highest BCUT2D eigenvalue weighted by atomic mass is 16.6. The number of nitro benzene ring substituents is 1. The van der Waals surface area contributed by atoms with Crippen molar-refractivity contribution in [2.45, 2.75) is 13.8 Å². The molecule has 1 heterocycles. The van der Waals surface area contributed by atoms with Crippen molar-refractivity contribution in [3.05, 3.63) is 63.7 Å². The number of H-pyrrole nitrogens is 1. The van der Waals surface area contributed by atoms with Crippen LogP contribution in [-0.4, -0.2) is 9.91 Å². The number of aromatic nitrogens is 1. The van der Waals surface area contributed by atoms with E-state index in [4.69, 9.17) is 0 Å². The highest BCUT2D eigenvalue weighted by molar-refractivity contribution is 5.86. The van der Waals surface area contributed by atoms with Crippen molar-refractivity contribution in [2.75, 3.05) is 0 Å². The van der Waals surface area contributed by atoms with Gasteiger partial charge >= 0.3 is 0 Å². The molecule has 0 saturated heterocycles. The third-order valence-corrected chi connectivity index (χ3v) is 3.24. The number of aromatic amines is 1. The zero-order valence-electron chi connectivity index (χ0n) is 11.2. The quantitative estimate of drug-likeness (QED) is 0.558. The molecule has 3 aromatic rings. The number of hydrogen-bond donors (Lipinski definition) is 1. The molecular weight excluding hydrogens is 252 g/mol. The Balaban J connectivity index is 2.15. The Morgan fingerprint density at radius 2 is 1.80 bits per heavy atom. The predicted octanol–water partition coefficient (Wildman–Crippen LogP) is 4.16. The molecule has 0 spiro atoms. The molecule has 0 bridgehead atoms. The molecule has 0 atom stereocenters. The lowest BCUT2D eigenvalue weighted by Crippen LogP contribution is -1.86. The van der Waals surface area contributed by atoms with Crippen molar-refractivity contribution < 1.29 is 4.92 Å². The number of aryl methyl sites for hydroxylation is 2. The molecule has 0 aliphatic rings. The summed E-state index contributed by atoms with van der Waals surface area (Å²) in [6.45, 7) is 4.09. The molecule has 1 radical (unpaired) electrons. The van der Waals surface area contributed by atoms with Crippen LogP contribution >= 0.6 is 0 Å². The molecule has 4 heteroatoms. The molecule has 0 unspecified atom stereocenters. The number of benzene rings is 2. The van der Waals surface area contributed by atoms with Crippen molar-refractivity contribution in [3.8, 4) is 11.3 Å².